The predicted octanol–water partition coefficient (Wildman–Crippen LogP) is 5.59. The van der Waals surface area contributed by atoms with E-state index in [1.165, 1.54) is 0 Å². The van der Waals surface area contributed by atoms with Gasteiger partial charge in [-0.15, -0.1) is 36.2 Å². The molecule has 8 heteroatoms. The van der Waals surface area contributed by atoms with Crippen LogP contribution in [0.4, 0.5) is 10.9 Å². The number of hydrogen-bond acceptors (Lipinski definition) is 6. The molecule has 1 N–H and O–H groups in total. The predicted molar refractivity (Wildman–Crippen MR) is 127 cm³/mol. The van der Waals surface area contributed by atoms with Gasteiger partial charge in [0.1, 0.15) is 6.61 Å². The van der Waals surface area contributed by atoms with Crippen molar-refractivity contribution in [1.29, 1.82) is 0 Å². The van der Waals surface area contributed by atoms with Crippen LogP contribution >= 0.6 is 36.2 Å². The quantitative estimate of drug-likeness (QED) is 0.482. The standard InChI is InChI=1S/C21H24N4OS.2ClH/c1-16-15-27-21(23-16)24-20-19(26-14-17-8-5-4-6-9-17)12-18(13-22-20)10-7-11-25(2)3;;/h4-10,12-13,15H,11,14H2,1-3H3,(H,22,23,24);2*1H. The van der Waals surface area contributed by atoms with Crippen LogP contribution in [0.15, 0.2) is 54.1 Å². The lowest BCUT2D eigenvalue weighted by Crippen LogP contribution is -2.10. The van der Waals surface area contributed by atoms with Crippen molar-refractivity contribution < 1.29 is 4.74 Å². The molecule has 0 bridgehead atoms. The summed E-state index contributed by atoms with van der Waals surface area (Å²) in [6, 6.07) is 12.1. The fraction of sp³-hybridized carbons (Fsp3) is 0.238. The molecule has 5 nitrogen and oxygen atoms in total. The van der Waals surface area contributed by atoms with Gasteiger partial charge in [-0.05, 0) is 38.2 Å². The summed E-state index contributed by atoms with van der Waals surface area (Å²) in [4.78, 5) is 11.1. The van der Waals surface area contributed by atoms with E-state index in [-0.39, 0.29) is 24.8 Å². The Labute approximate surface area is 188 Å². The lowest BCUT2D eigenvalue weighted by Gasteiger charge is -2.12. The Morgan fingerprint density at radius 3 is 2.59 bits per heavy atom. The third-order valence-corrected chi connectivity index (χ3v) is 4.61. The lowest BCUT2D eigenvalue weighted by molar-refractivity contribution is 0.307. The average molecular weight is 453 g/mol. The molecule has 0 saturated carbocycles. The van der Waals surface area contributed by atoms with Crippen LogP contribution in [0.1, 0.15) is 16.8 Å². The Kier molecular flexibility index (Phi) is 10.7. The summed E-state index contributed by atoms with van der Waals surface area (Å²) in [6.45, 7) is 3.33. The van der Waals surface area contributed by atoms with Gasteiger partial charge in [0.2, 0.25) is 0 Å². The van der Waals surface area contributed by atoms with Crippen LogP contribution in [0.2, 0.25) is 0 Å². The van der Waals surface area contributed by atoms with Crippen LogP contribution in [0.5, 0.6) is 5.75 Å². The number of pyridine rings is 1. The number of halogens is 2. The first-order chi connectivity index (χ1) is 13.1. The number of aryl methyl sites for hydroxylation is 1. The minimum Gasteiger partial charge on any atom is -0.485 e. The highest BCUT2D eigenvalue weighted by Gasteiger charge is 2.09. The summed E-state index contributed by atoms with van der Waals surface area (Å²) in [7, 11) is 4.08. The minimum absolute atomic E-state index is 0. The molecule has 0 atom stereocenters. The van der Waals surface area contributed by atoms with Gasteiger partial charge >= 0.3 is 0 Å². The molecule has 3 rings (SSSR count). The van der Waals surface area contributed by atoms with Crippen molar-refractivity contribution in [2.24, 2.45) is 0 Å². The maximum atomic E-state index is 6.08. The van der Waals surface area contributed by atoms with E-state index in [2.05, 4.69) is 32.3 Å². The lowest BCUT2D eigenvalue weighted by atomic mass is 10.2. The van der Waals surface area contributed by atoms with Crippen molar-refractivity contribution in [3.8, 4) is 5.75 Å². The summed E-state index contributed by atoms with van der Waals surface area (Å²) in [5.41, 5.74) is 3.10. The molecule has 156 valence electrons. The number of aromatic nitrogens is 2. The molecular weight excluding hydrogens is 427 g/mol. The maximum Gasteiger partial charge on any atom is 0.188 e. The van der Waals surface area contributed by atoms with Crippen molar-refractivity contribution in [1.82, 2.24) is 14.9 Å². The molecule has 0 amide bonds. The number of rotatable bonds is 8. The smallest absolute Gasteiger partial charge is 0.188 e. The van der Waals surface area contributed by atoms with Crippen LogP contribution in [0.25, 0.3) is 6.08 Å². The van der Waals surface area contributed by atoms with E-state index in [0.717, 1.165) is 28.5 Å². The molecule has 0 aliphatic carbocycles. The van der Waals surface area contributed by atoms with Gasteiger partial charge in [-0.3, -0.25) is 0 Å². The highest BCUT2D eigenvalue weighted by molar-refractivity contribution is 7.13. The largest absolute Gasteiger partial charge is 0.485 e. The molecular formula is C21H26Cl2N4OS. The zero-order chi connectivity index (χ0) is 19.1. The highest BCUT2D eigenvalue weighted by Crippen LogP contribution is 2.29. The third kappa shape index (κ3) is 8.03. The molecule has 0 aliphatic rings. The summed E-state index contributed by atoms with van der Waals surface area (Å²) >= 11 is 1.55. The van der Waals surface area contributed by atoms with E-state index in [1.54, 1.807) is 11.3 Å². The van der Waals surface area contributed by atoms with Crippen LogP contribution in [-0.2, 0) is 6.61 Å². The van der Waals surface area contributed by atoms with E-state index < -0.39 is 0 Å². The zero-order valence-electron chi connectivity index (χ0n) is 16.7. The Hall–Kier alpha value is -2.12. The second-order valence-electron chi connectivity index (χ2n) is 6.47. The summed E-state index contributed by atoms with van der Waals surface area (Å²) < 4.78 is 6.08. The van der Waals surface area contributed by atoms with Crippen molar-refractivity contribution in [3.63, 3.8) is 0 Å². The first-order valence-corrected chi connectivity index (χ1v) is 9.65. The normalized spacial score (nSPS) is 10.5. The fourth-order valence-electron chi connectivity index (χ4n) is 2.40. The Morgan fingerprint density at radius 2 is 1.93 bits per heavy atom. The van der Waals surface area contributed by atoms with E-state index in [9.17, 15) is 0 Å². The van der Waals surface area contributed by atoms with Gasteiger partial charge in [0.15, 0.2) is 16.7 Å². The summed E-state index contributed by atoms with van der Waals surface area (Å²) in [5.74, 6) is 1.38. The van der Waals surface area contributed by atoms with Gasteiger partial charge < -0.3 is 15.0 Å². The van der Waals surface area contributed by atoms with Crippen LogP contribution in [-0.4, -0.2) is 35.5 Å². The number of nitrogens with zero attached hydrogens (tertiary/aromatic N) is 3. The molecule has 0 aliphatic heterocycles. The Morgan fingerprint density at radius 1 is 1.17 bits per heavy atom. The van der Waals surface area contributed by atoms with E-state index in [4.69, 9.17) is 4.74 Å². The van der Waals surface area contributed by atoms with Gasteiger partial charge in [0.25, 0.3) is 0 Å². The maximum absolute atomic E-state index is 6.08. The van der Waals surface area contributed by atoms with E-state index in [0.29, 0.717) is 18.2 Å². The average Bonchev–Trinajstić information content (AvgIpc) is 3.07. The minimum atomic E-state index is 0. The van der Waals surface area contributed by atoms with Crippen molar-refractivity contribution in [2.75, 3.05) is 26.0 Å². The molecule has 2 aromatic heterocycles. The topological polar surface area (TPSA) is 50.3 Å². The van der Waals surface area contributed by atoms with E-state index in [1.807, 2.05) is 69.0 Å². The number of nitrogens with one attached hydrogen (secondary N) is 1. The number of benzene rings is 1. The van der Waals surface area contributed by atoms with Gasteiger partial charge in [-0.25, -0.2) is 9.97 Å². The van der Waals surface area contributed by atoms with Gasteiger partial charge in [0, 0.05) is 18.1 Å². The second-order valence-corrected chi connectivity index (χ2v) is 7.33. The molecule has 29 heavy (non-hydrogen) atoms. The van der Waals surface area contributed by atoms with Gasteiger partial charge in [-0.2, -0.15) is 0 Å². The van der Waals surface area contributed by atoms with Crippen LogP contribution in [0.3, 0.4) is 0 Å². The fourth-order valence-corrected chi connectivity index (χ4v) is 3.09. The Balaban J connectivity index is 0.00000210. The van der Waals surface area contributed by atoms with Crippen LogP contribution in [0, 0.1) is 6.92 Å². The zero-order valence-corrected chi connectivity index (χ0v) is 19.1. The molecule has 0 unspecified atom stereocenters. The van der Waals surface area contributed by atoms with Gasteiger partial charge in [0.05, 0.1) is 5.69 Å². The first-order valence-electron chi connectivity index (χ1n) is 8.77. The number of hydrogen-bond donors (Lipinski definition) is 1. The number of thiazole rings is 1. The van der Waals surface area contributed by atoms with Gasteiger partial charge in [-0.1, -0.05) is 42.5 Å². The number of anilines is 2. The summed E-state index contributed by atoms with van der Waals surface area (Å²) in [5, 5.41) is 6.08. The first kappa shape index (κ1) is 24.9. The third-order valence-electron chi connectivity index (χ3n) is 3.74. The van der Waals surface area contributed by atoms with Crippen molar-refractivity contribution in [2.45, 2.75) is 13.5 Å². The molecule has 0 fully saturated rings. The highest BCUT2D eigenvalue weighted by atomic mass is 35.5. The number of likely N-dealkylation sites (N-methyl/N-ethyl adjacent to an activating group) is 1. The van der Waals surface area contributed by atoms with E-state index >= 15 is 0 Å². The molecule has 0 saturated heterocycles. The molecule has 1 aromatic carbocycles. The molecule has 2 heterocycles. The molecule has 0 spiro atoms. The van der Waals surface area contributed by atoms with Crippen molar-refractivity contribution in [3.05, 3.63) is 70.9 Å². The van der Waals surface area contributed by atoms with Crippen molar-refractivity contribution >= 4 is 53.2 Å². The summed E-state index contributed by atoms with van der Waals surface area (Å²) in [6.07, 6.45) is 6.00. The molecule has 0 radical (unpaired) electrons. The SMILES string of the molecule is Cc1csc(Nc2ncc(C=CCN(C)C)cc2OCc2ccccc2)n1.Cl.Cl. The number of ether oxygens (including phenoxy) is 1. The second kappa shape index (κ2) is 12.4. The molecule has 3 aromatic rings. The Bertz CT molecular complexity index is 901. The van der Waals surface area contributed by atoms with Crippen LogP contribution < -0.4 is 10.1 Å². The monoisotopic (exact) mass is 452 g/mol.